The Labute approximate surface area is 208 Å². The smallest absolute Gasteiger partial charge is 0.406 e. The molecule has 1 aliphatic heterocycles. The summed E-state index contributed by atoms with van der Waals surface area (Å²) in [7, 11) is 0. The summed E-state index contributed by atoms with van der Waals surface area (Å²) in [5.74, 6) is -2.30. The Morgan fingerprint density at radius 3 is 2.39 bits per heavy atom. The van der Waals surface area contributed by atoms with Gasteiger partial charge in [0.05, 0.1) is 6.54 Å². The molecule has 1 unspecified atom stereocenters. The van der Waals surface area contributed by atoms with Crippen LogP contribution in [0.2, 0.25) is 5.02 Å². The van der Waals surface area contributed by atoms with Crippen molar-refractivity contribution in [2.75, 3.05) is 18.0 Å². The Morgan fingerprint density at radius 1 is 1.00 bits per heavy atom. The second kappa shape index (κ2) is 9.35. The lowest BCUT2D eigenvalue weighted by Crippen LogP contribution is -2.41. The predicted molar refractivity (Wildman–Crippen MR) is 124 cm³/mol. The topological polar surface area (TPSA) is 29.5 Å². The summed E-state index contributed by atoms with van der Waals surface area (Å²) < 4.78 is 81.8. The van der Waals surface area contributed by atoms with Gasteiger partial charge in [0.25, 0.3) is 5.78 Å². The molecule has 0 radical (unpaired) electrons. The van der Waals surface area contributed by atoms with E-state index in [1.807, 2.05) is 0 Å². The summed E-state index contributed by atoms with van der Waals surface area (Å²) in [6.07, 6.45) is -9.76. The van der Waals surface area contributed by atoms with Gasteiger partial charge in [0.1, 0.15) is 5.75 Å². The zero-order valence-corrected chi connectivity index (χ0v) is 19.6. The normalized spacial score (nSPS) is 17.7. The highest BCUT2D eigenvalue weighted by Gasteiger charge is 2.47. The number of carbonyl (C=O) groups excluding carboxylic acids is 1. The number of benzene rings is 3. The van der Waals surface area contributed by atoms with Crippen LogP contribution in [0.3, 0.4) is 0 Å². The van der Waals surface area contributed by atoms with Crippen molar-refractivity contribution in [1.82, 2.24) is 0 Å². The quantitative estimate of drug-likeness (QED) is 0.322. The van der Waals surface area contributed by atoms with E-state index in [0.717, 1.165) is 5.56 Å². The van der Waals surface area contributed by atoms with Crippen LogP contribution >= 0.6 is 11.6 Å². The second-order valence-electron chi connectivity index (χ2n) is 8.71. The maximum absolute atomic E-state index is 13.1. The Hall–Kier alpha value is -3.20. The molecule has 1 atom stereocenters. The summed E-state index contributed by atoms with van der Waals surface area (Å²) in [5, 5.41) is 0.434. The first-order valence-electron chi connectivity index (χ1n) is 10.8. The van der Waals surface area contributed by atoms with Crippen LogP contribution in [-0.4, -0.2) is 31.4 Å². The van der Waals surface area contributed by atoms with Gasteiger partial charge in [-0.25, -0.2) is 0 Å². The minimum atomic E-state index is -5.00. The van der Waals surface area contributed by atoms with Crippen LogP contribution < -0.4 is 9.64 Å². The van der Waals surface area contributed by atoms with E-state index in [4.69, 9.17) is 11.6 Å². The van der Waals surface area contributed by atoms with Gasteiger partial charge < -0.3 is 9.64 Å². The number of aryl methyl sites for hydroxylation is 1. The van der Waals surface area contributed by atoms with Crippen molar-refractivity contribution < 1.29 is 35.9 Å². The molecule has 190 valence electrons. The van der Waals surface area contributed by atoms with Crippen molar-refractivity contribution in [2.24, 2.45) is 0 Å². The van der Waals surface area contributed by atoms with Crippen molar-refractivity contribution in [3.8, 4) is 5.75 Å². The number of ketones is 1. The van der Waals surface area contributed by atoms with E-state index in [9.17, 15) is 31.1 Å². The van der Waals surface area contributed by atoms with Crippen molar-refractivity contribution in [3.05, 3.63) is 94.0 Å². The number of halogens is 7. The fraction of sp³-hybridized carbons (Fsp3) is 0.269. The minimum absolute atomic E-state index is 0.0160. The second-order valence-corrected chi connectivity index (χ2v) is 9.12. The lowest BCUT2D eigenvalue weighted by molar-refractivity contribution is -0.274. The van der Waals surface area contributed by atoms with Crippen LogP contribution in [0, 0.1) is 6.92 Å². The average Bonchev–Trinajstić information content (AvgIpc) is 3.08. The highest BCUT2D eigenvalue weighted by atomic mass is 35.5. The molecule has 1 aliphatic rings. The third kappa shape index (κ3) is 5.31. The summed E-state index contributed by atoms with van der Waals surface area (Å²) in [5.41, 5.74) is 1.99. The fourth-order valence-electron chi connectivity index (χ4n) is 4.65. The molecule has 0 amide bonds. The van der Waals surface area contributed by atoms with Gasteiger partial charge in [0.15, 0.2) is 0 Å². The Morgan fingerprint density at radius 2 is 1.72 bits per heavy atom. The van der Waals surface area contributed by atoms with Gasteiger partial charge in [-0.1, -0.05) is 54.1 Å². The number of ether oxygens (including phenoxy) is 1. The van der Waals surface area contributed by atoms with Gasteiger partial charge in [-0.15, -0.1) is 13.2 Å². The fourth-order valence-corrected chi connectivity index (χ4v) is 4.83. The maximum atomic E-state index is 13.1. The van der Waals surface area contributed by atoms with Crippen molar-refractivity contribution in [1.29, 1.82) is 0 Å². The molecule has 0 aliphatic carbocycles. The molecule has 4 rings (SSSR count). The van der Waals surface area contributed by atoms with Crippen LogP contribution in [0.25, 0.3) is 0 Å². The number of para-hydroxylation sites is 1. The molecule has 0 bridgehead atoms. The monoisotopic (exact) mass is 527 g/mol. The number of carbonyl (C=O) groups is 1. The number of nitrogens with zero attached hydrogens (tertiary/aromatic N) is 1. The SMILES string of the molecule is Cc1ccc(C2(Cc3cccc(OC(F)(F)F)c3)CN(CC(=O)C(F)(F)F)c3ccccc32)cc1Cl. The Balaban J connectivity index is 1.83. The van der Waals surface area contributed by atoms with Gasteiger partial charge in [-0.2, -0.15) is 13.2 Å². The molecule has 0 spiro atoms. The molecule has 3 nitrogen and oxygen atoms in total. The van der Waals surface area contributed by atoms with E-state index in [0.29, 0.717) is 27.4 Å². The molecule has 3 aromatic carbocycles. The van der Waals surface area contributed by atoms with Crippen molar-refractivity contribution >= 4 is 23.1 Å². The zero-order valence-electron chi connectivity index (χ0n) is 18.9. The standard InChI is InChI=1S/C26H20ClF6NO2/c1-16-9-10-18(12-21(16)27)24(13-17-5-4-6-19(11-17)36-26(31,32)33)15-34(14-23(35)25(28,29)30)22-8-3-2-7-20(22)24/h2-12H,13-15H2,1H3. The molecule has 0 N–H and O–H groups in total. The third-order valence-electron chi connectivity index (χ3n) is 6.23. The first kappa shape index (κ1) is 25.9. The van der Waals surface area contributed by atoms with Crippen LogP contribution in [0.5, 0.6) is 5.75 Å². The number of anilines is 1. The van der Waals surface area contributed by atoms with E-state index in [2.05, 4.69) is 4.74 Å². The van der Waals surface area contributed by atoms with Gasteiger partial charge >= 0.3 is 12.5 Å². The number of alkyl halides is 6. The molecule has 0 fully saturated rings. The average molecular weight is 528 g/mol. The molecular formula is C26H20ClF6NO2. The first-order chi connectivity index (χ1) is 16.8. The Kier molecular flexibility index (Phi) is 6.72. The third-order valence-corrected chi connectivity index (χ3v) is 6.64. The molecule has 36 heavy (non-hydrogen) atoms. The van der Waals surface area contributed by atoms with Crippen molar-refractivity contribution in [2.45, 2.75) is 31.3 Å². The van der Waals surface area contributed by atoms with E-state index in [-0.39, 0.29) is 13.0 Å². The lowest BCUT2D eigenvalue weighted by Gasteiger charge is -2.32. The number of hydrogen-bond acceptors (Lipinski definition) is 3. The summed E-state index contributed by atoms with van der Waals surface area (Å²) >= 11 is 6.40. The van der Waals surface area contributed by atoms with Crippen LogP contribution in [0.15, 0.2) is 66.7 Å². The number of hydrogen-bond donors (Lipinski definition) is 0. The van der Waals surface area contributed by atoms with Gasteiger partial charge in [0, 0.05) is 22.7 Å². The molecule has 0 aromatic heterocycles. The zero-order chi connectivity index (χ0) is 26.3. The molecule has 0 saturated heterocycles. The predicted octanol–water partition coefficient (Wildman–Crippen LogP) is 7.03. The van der Waals surface area contributed by atoms with Gasteiger partial charge in [0.2, 0.25) is 0 Å². The summed E-state index contributed by atoms with van der Waals surface area (Å²) in [4.78, 5) is 13.3. The lowest BCUT2D eigenvalue weighted by atomic mass is 9.71. The summed E-state index contributed by atoms with van der Waals surface area (Å²) in [6, 6.07) is 17.5. The van der Waals surface area contributed by atoms with Crippen LogP contribution in [0.4, 0.5) is 32.0 Å². The molecule has 1 heterocycles. The van der Waals surface area contributed by atoms with E-state index in [1.54, 1.807) is 55.5 Å². The first-order valence-corrected chi connectivity index (χ1v) is 11.2. The van der Waals surface area contributed by atoms with Crippen LogP contribution in [0.1, 0.15) is 22.3 Å². The van der Waals surface area contributed by atoms with E-state index < -0.39 is 36.0 Å². The summed E-state index contributed by atoms with van der Waals surface area (Å²) in [6.45, 7) is 0.893. The highest BCUT2D eigenvalue weighted by molar-refractivity contribution is 6.31. The number of fused-ring (bicyclic) bond motifs is 1. The van der Waals surface area contributed by atoms with E-state index >= 15 is 0 Å². The molecule has 0 saturated carbocycles. The number of Topliss-reactive ketones (excluding diaryl/α,β-unsaturated/α-hetero) is 1. The molecular weight excluding hydrogens is 508 g/mol. The van der Waals surface area contributed by atoms with Crippen molar-refractivity contribution in [3.63, 3.8) is 0 Å². The molecule has 3 aromatic rings. The van der Waals surface area contributed by atoms with Crippen LogP contribution in [-0.2, 0) is 16.6 Å². The van der Waals surface area contributed by atoms with E-state index in [1.165, 1.54) is 23.1 Å². The highest BCUT2D eigenvalue weighted by Crippen LogP contribution is 2.48. The minimum Gasteiger partial charge on any atom is -0.406 e. The Bertz CT molecular complexity index is 1290. The maximum Gasteiger partial charge on any atom is 0.573 e. The molecule has 10 heteroatoms. The number of rotatable bonds is 6. The van der Waals surface area contributed by atoms with Gasteiger partial charge in [-0.3, -0.25) is 4.79 Å². The van der Waals surface area contributed by atoms with Gasteiger partial charge in [-0.05, 0) is 59.9 Å². The largest absolute Gasteiger partial charge is 0.573 e.